The van der Waals surface area contributed by atoms with Gasteiger partial charge in [-0.15, -0.1) is 0 Å². The largest absolute Gasteiger partial charge is 0.361 e. The number of nitrogens with one attached hydrogen (secondary N) is 1. The number of nitrogens with zero attached hydrogens (tertiary/aromatic N) is 1. The lowest BCUT2D eigenvalue weighted by Crippen LogP contribution is -1.88. The molecular formula is C10H7FN2O. The van der Waals surface area contributed by atoms with E-state index in [2.05, 4.69) is 9.98 Å². The van der Waals surface area contributed by atoms with Crippen LogP contribution in [0, 0.1) is 5.82 Å². The molecule has 0 saturated heterocycles. The topological polar surface area (TPSA) is 45.2 Å². The summed E-state index contributed by atoms with van der Waals surface area (Å²) in [6, 6.07) is 4.85. The number of aromatic nitrogens is 1. The predicted octanol–water partition coefficient (Wildman–Crippen LogP) is 2.14. The number of H-pyrrole nitrogens is 1. The highest BCUT2D eigenvalue weighted by Gasteiger charge is 2.04. The second kappa shape index (κ2) is 3.44. The van der Waals surface area contributed by atoms with Crippen molar-refractivity contribution in [1.29, 1.82) is 0 Å². The molecule has 2 rings (SSSR count). The van der Waals surface area contributed by atoms with E-state index >= 15 is 0 Å². The van der Waals surface area contributed by atoms with E-state index in [-0.39, 0.29) is 12.4 Å². The molecule has 0 fully saturated rings. The van der Waals surface area contributed by atoms with Crippen molar-refractivity contribution in [2.75, 3.05) is 0 Å². The molecule has 0 radical (unpaired) electrons. The number of halogens is 1. The number of rotatable bonds is 2. The first-order chi connectivity index (χ1) is 6.81. The Kier molecular flexibility index (Phi) is 2.13. The van der Waals surface area contributed by atoms with Gasteiger partial charge < -0.3 is 4.98 Å². The molecule has 1 heterocycles. The highest BCUT2D eigenvalue weighted by Crippen LogP contribution is 2.18. The number of hydrogen-bond donors (Lipinski definition) is 1. The quantitative estimate of drug-likeness (QED) is 0.572. The molecule has 14 heavy (non-hydrogen) atoms. The average Bonchev–Trinajstić information content (AvgIpc) is 2.61. The van der Waals surface area contributed by atoms with Crippen LogP contribution >= 0.6 is 0 Å². The van der Waals surface area contributed by atoms with Crippen molar-refractivity contribution in [1.82, 2.24) is 4.98 Å². The molecular weight excluding hydrogens is 183 g/mol. The summed E-state index contributed by atoms with van der Waals surface area (Å²) in [5, 5.41) is 0.807. The third kappa shape index (κ3) is 1.43. The van der Waals surface area contributed by atoms with Crippen molar-refractivity contribution in [3.05, 3.63) is 35.8 Å². The zero-order chi connectivity index (χ0) is 9.97. The molecule has 0 spiro atoms. The zero-order valence-corrected chi connectivity index (χ0v) is 7.25. The Hall–Kier alpha value is -1.93. The van der Waals surface area contributed by atoms with Crippen LogP contribution in [0.25, 0.3) is 10.9 Å². The van der Waals surface area contributed by atoms with E-state index in [0.29, 0.717) is 5.56 Å². The Labute approximate surface area is 79.3 Å². The Balaban J connectivity index is 2.52. The third-order valence-electron chi connectivity index (χ3n) is 2.03. The van der Waals surface area contributed by atoms with E-state index in [0.717, 1.165) is 10.9 Å². The van der Waals surface area contributed by atoms with E-state index in [9.17, 15) is 9.18 Å². The van der Waals surface area contributed by atoms with Gasteiger partial charge in [-0.05, 0) is 18.2 Å². The maximum atomic E-state index is 13.3. The van der Waals surface area contributed by atoms with Crippen molar-refractivity contribution >= 4 is 17.0 Å². The minimum atomic E-state index is -0.351. The van der Waals surface area contributed by atoms with Crippen LogP contribution in [0.2, 0.25) is 0 Å². The van der Waals surface area contributed by atoms with E-state index in [4.69, 9.17) is 0 Å². The Morgan fingerprint density at radius 2 is 2.36 bits per heavy atom. The van der Waals surface area contributed by atoms with Gasteiger partial charge in [0.25, 0.3) is 0 Å². The van der Waals surface area contributed by atoms with Crippen LogP contribution in [0.5, 0.6) is 0 Å². The number of benzene rings is 1. The molecule has 1 aromatic carbocycles. The molecule has 2 aromatic rings. The summed E-state index contributed by atoms with van der Waals surface area (Å²) >= 11 is 0. The fourth-order valence-corrected chi connectivity index (χ4v) is 1.36. The molecule has 4 heteroatoms. The van der Waals surface area contributed by atoms with Crippen molar-refractivity contribution in [2.45, 2.75) is 6.54 Å². The fourth-order valence-electron chi connectivity index (χ4n) is 1.36. The average molecular weight is 190 g/mol. The van der Waals surface area contributed by atoms with E-state index in [1.165, 1.54) is 12.1 Å². The van der Waals surface area contributed by atoms with Gasteiger partial charge in [0.2, 0.25) is 6.08 Å². The monoisotopic (exact) mass is 190 g/mol. The minimum absolute atomic E-state index is 0.0320. The van der Waals surface area contributed by atoms with Crippen LogP contribution in [0.1, 0.15) is 5.56 Å². The summed E-state index contributed by atoms with van der Waals surface area (Å²) in [5.41, 5.74) is 1.23. The zero-order valence-electron chi connectivity index (χ0n) is 7.25. The molecule has 1 N–H and O–H groups in total. The molecule has 0 bridgehead atoms. The first-order valence-corrected chi connectivity index (χ1v) is 4.10. The Morgan fingerprint density at radius 1 is 1.50 bits per heavy atom. The highest BCUT2D eigenvalue weighted by atomic mass is 19.1. The predicted molar refractivity (Wildman–Crippen MR) is 50.1 cm³/mol. The second-order valence-electron chi connectivity index (χ2n) is 2.92. The summed E-state index contributed by atoms with van der Waals surface area (Å²) in [7, 11) is 0. The smallest absolute Gasteiger partial charge is 0.235 e. The lowest BCUT2D eigenvalue weighted by Gasteiger charge is -1.98. The molecule has 0 saturated carbocycles. The maximum Gasteiger partial charge on any atom is 0.235 e. The van der Waals surface area contributed by atoms with E-state index in [1.807, 2.05) is 0 Å². The Bertz CT molecular complexity index is 512. The number of aromatic amines is 1. The van der Waals surface area contributed by atoms with Crippen molar-refractivity contribution in [2.24, 2.45) is 4.99 Å². The summed E-state index contributed by atoms with van der Waals surface area (Å²) in [6.07, 6.45) is 3.12. The van der Waals surface area contributed by atoms with Gasteiger partial charge >= 0.3 is 0 Å². The molecule has 0 amide bonds. The van der Waals surface area contributed by atoms with Gasteiger partial charge in [-0.25, -0.2) is 14.2 Å². The number of aliphatic imine (C=N–C) groups is 1. The van der Waals surface area contributed by atoms with Crippen molar-refractivity contribution in [3.63, 3.8) is 0 Å². The molecule has 1 aromatic heterocycles. The van der Waals surface area contributed by atoms with Crippen LogP contribution in [-0.4, -0.2) is 11.1 Å². The van der Waals surface area contributed by atoms with Gasteiger partial charge in [-0.1, -0.05) is 0 Å². The number of isocyanates is 1. The lowest BCUT2D eigenvalue weighted by atomic mass is 10.1. The molecule has 70 valence electrons. The van der Waals surface area contributed by atoms with Gasteiger partial charge in [-0.2, -0.15) is 0 Å². The number of fused-ring (bicyclic) bond motifs is 1. The number of hydrogen-bond acceptors (Lipinski definition) is 2. The summed E-state index contributed by atoms with van der Waals surface area (Å²) in [4.78, 5) is 16.2. The summed E-state index contributed by atoms with van der Waals surface area (Å²) in [5.74, 6) is -0.351. The molecule has 0 aliphatic heterocycles. The Morgan fingerprint density at radius 3 is 3.14 bits per heavy atom. The fraction of sp³-hybridized carbons (Fsp3) is 0.100. The standard InChI is InChI=1S/C10H7FN2O/c11-9-3-7-1-2-13-10(7)4-8(9)5-12-6-14/h1-4,13H,5H2. The third-order valence-corrected chi connectivity index (χ3v) is 2.03. The maximum absolute atomic E-state index is 13.3. The molecule has 0 aliphatic rings. The summed E-state index contributed by atoms with van der Waals surface area (Å²) < 4.78 is 13.3. The second-order valence-corrected chi connectivity index (χ2v) is 2.92. The highest BCUT2D eigenvalue weighted by molar-refractivity contribution is 5.80. The first-order valence-electron chi connectivity index (χ1n) is 4.10. The molecule has 0 unspecified atom stereocenters. The van der Waals surface area contributed by atoms with E-state index < -0.39 is 0 Å². The van der Waals surface area contributed by atoms with Gasteiger partial charge in [-0.3, -0.25) is 0 Å². The SMILES string of the molecule is O=C=NCc1cc2[nH]ccc2cc1F. The number of carbonyl (C=O) groups excluding carboxylic acids is 1. The van der Waals surface area contributed by atoms with E-state index in [1.54, 1.807) is 18.3 Å². The van der Waals surface area contributed by atoms with Crippen molar-refractivity contribution < 1.29 is 9.18 Å². The normalized spacial score (nSPS) is 10.1. The van der Waals surface area contributed by atoms with Crippen LogP contribution < -0.4 is 0 Å². The first kappa shape index (κ1) is 8.66. The van der Waals surface area contributed by atoms with Crippen LogP contribution in [0.4, 0.5) is 4.39 Å². The minimum Gasteiger partial charge on any atom is -0.361 e. The molecule has 0 atom stereocenters. The summed E-state index contributed by atoms with van der Waals surface area (Å²) in [6.45, 7) is 0.0320. The molecule has 3 nitrogen and oxygen atoms in total. The van der Waals surface area contributed by atoms with Crippen LogP contribution in [0.3, 0.4) is 0 Å². The van der Waals surface area contributed by atoms with Gasteiger partial charge in [0.05, 0.1) is 6.54 Å². The van der Waals surface area contributed by atoms with Gasteiger partial charge in [0.15, 0.2) is 0 Å². The lowest BCUT2D eigenvalue weighted by molar-refractivity contribution is 0.561. The van der Waals surface area contributed by atoms with Crippen LogP contribution in [-0.2, 0) is 11.3 Å². The molecule has 0 aliphatic carbocycles. The van der Waals surface area contributed by atoms with Crippen molar-refractivity contribution in [3.8, 4) is 0 Å². The van der Waals surface area contributed by atoms with Gasteiger partial charge in [0.1, 0.15) is 5.82 Å². The van der Waals surface area contributed by atoms with Crippen LogP contribution in [0.15, 0.2) is 29.4 Å². The van der Waals surface area contributed by atoms with Gasteiger partial charge in [0, 0.05) is 22.7 Å².